The van der Waals surface area contributed by atoms with Crippen molar-refractivity contribution in [2.24, 2.45) is 0 Å². The molecule has 1 aromatic rings. The Morgan fingerprint density at radius 1 is 1.30 bits per heavy atom. The summed E-state index contributed by atoms with van der Waals surface area (Å²) in [6, 6.07) is 10.2. The highest BCUT2D eigenvalue weighted by atomic mass is 16.5. The molecule has 1 aliphatic rings. The van der Waals surface area contributed by atoms with Gasteiger partial charge in [0.1, 0.15) is 11.8 Å². The van der Waals surface area contributed by atoms with Crippen molar-refractivity contribution in [1.82, 2.24) is 10.2 Å². The number of nitriles is 1. The fourth-order valence-corrected chi connectivity index (χ4v) is 2.46. The van der Waals surface area contributed by atoms with Crippen LogP contribution in [0.2, 0.25) is 0 Å². The number of nitrogens with one attached hydrogen (secondary N) is 1. The van der Waals surface area contributed by atoms with Crippen molar-refractivity contribution in [3.05, 3.63) is 29.8 Å². The van der Waals surface area contributed by atoms with E-state index in [0.29, 0.717) is 0 Å². The van der Waals surface area contributed by atoms with Gasteiger partial charge in [0, 0.05) is 19.6 Å². The average Bonchev–Trinajstić information content (AvgIpc) is 2.76. The van der Waals surface area contributed by atoms with Gasteiger partial charge >= 0.3 is 0 Å². The minimum absolute atomic E-state index is 0.157. The first-order valence-electron chi connectivity index (χ1n) is 7.42. The lowest BCUT2D eigenvalue weighted by Gasteiger charge is -2.25. The third-order valence-electron chi connectivity index (χ3n) is 3.53. The lowest BCUT2D eigenvalue weighted by Crippen LogP contribution is -2.31. The molecule has 1 fully saturated rings. The molecule has 0 radical (unpaired) electrons. The Balaban J connectivity index is 2.05. The van der Waals surface area contributed by atoms with Crippen LogP contribution in [-0.4, -0.2) is 37.7 Å². The van der Waals surface area contributed by atoms with Crippen LogP contribution in [0.3, 0.4) is 0 Å². The molecule has 1 atom stereocenters. The quantitative estimate of drug-likeness (QED) is 0.894. The minimum Gasteiger partial charge on any atom is -0.494 e. The monoisotopic (exact) mass is 273 g/mol. The molecule has 0 aliphatic carbocycles. The lowest BCUT2D eigenvalue weighted by molar-refractivity contribution is 0.252. The summed E-state index contributed by atoms with van der Waals surface area (Å²) in [6.45, 7) is 6.71. The number of rotatable bonds is 5. The fourth-order valence-electron chi connectivity index (χ4n) is 2.46. The van der Waals surface area contributed by atoms with Gasteiger partial charge < -0.3 is 10.1 Å². The number of ether oxygens (including phenoxy) is 1. The highest BCUT2D eigenvalue weighted by Gasteiger charge is 2.20. The first-order chi connectivity index (χ1) is 9.85. The molecule has 0 bridgehead atoms. The number of nitrogens with zero attached hydrogens (tertiary/aromatic N) is 2. The molecule has 1 aliphatic heterocycles. The van der Waals surface area contributed by atoms with Crippen LogP contribution >= 0.6 is 0 Å². The Labute approximate surface area is 121 Å². The smallest absolute Gasteiger partial charge is 0.123 e. The summed E-state index contributed by atoms with van der Waals surface area (Å²) in [7, 11) is 0. The van der Waals surface area contributed by atoms with Gasteiger partial charge in [-0.1, -0.05) is 19.1 Å². The molecule has 0 amide bonds. The Bertz CT molecular complexity index is 430. The van der Waals surface area contributed by atoms with E-state index in [1.54, 1.807) is 0 Å². The zero-order chi connectivity index (χ0) is 14.2. The van der Waals surface area contributed by atoms with Crippen LogP contribution in [0.15, 0.2) is 24.3 Å². The third-order valence-corrected chi connectivity index (χ3v) is 3.53. The minimum atomic E-state index is -0.157. The summed E-state index contributed by atoms with van der Waals surface area (Å²) in [5, 5.41) is 12.9. The highest BCUT2D eigenvalue weighted by molar-refractivity contribution is 5.31. The molecule has 0 saturated carbocycles. The topological polar surface area (TPSA) is 48.3 Å². The predicted molar refractivity (Wildman–Crippen MR) is 79.6 cm³/mol. The molecular formula is C16H23N3O. The third kappa shape index (κ3) is 3.96. The maximum absolute atomic E-state index is 9.49. The maximum Gasteiger partial charge on any atom is 0.123 e. The summed E-state index contributed by atoms with van der Waals surface area (Å²) in [5.74, 6) is 0.879. The summed E-state index contributed by atoms with van der Waals surface area (Å²) in [4.78, 5) is 2.25. The highest BCUT2D eigenvalue weighted by Crippen LogP contribution is 2.23. The van der Waals surface area contributed by atoms with Gasteiger partial charge in [-0.15, -0.1) is 0 Å². The molecule has 2 rings (SSSR count). The van der Waals surface area contributed by atoms with Gasteiger partial charge in [0.15, 0.2) is 0 Å². The van der Waals surface area contributed by atoms with E-state index in [1.807, 2.05) is 24.3 Å². The molecule has 0 aromatic heterocycles. The Morgan fingerprint density at radius 2 is 2.10 bits per heavy atom. The summed E-state index contributed by atoms with van der Waals surface area (Å²) < 4.78 is 5.58. The Morgan fingerprint density at radius 3 is 2.80 bits per heavy atom. The van der Waals surface area contributed by atoms with Crippen molar-refractivity contribution in [3.8, 4) is 11.8 Å². The predicted octanol–water partition coefficient (Wildman–Crippen LogP) is 2.34. The largest absolute Gasteiger partial charge is 0.494 e. The van der Waals surface area contributed by atoms with Gasteiger partial charge in [0.05, 0.1) is 12.7 Å². The number of benzene rings is 1. The van der Waals surface area contributed by atoms with E-state index in [0.717, 1.165) is 56.9 Å². The van der Waals surface area contributed by atoms with Crippen molar-refractivity contribution in [1.29, 1.82) is 5.26 Å². The van der Waals surface area contributed by atoms with Crippen LogP contribution in [0.1, 0.15) is 31.4 Å². The van der Waals surface area contributed by atoms with E-state index >= 15 is 0 Å². The van der Waals surface area contributed by atoms with Crippen molar-refractivity contribution in [2.75, 3.05) is 32.8 Å². The molecule has 1 saturated heterocycles. The fraction of sp³-hybridized carbons (Fsp3) is 0.562. The Kier molecular flexibility index (Phi) is 5.85. The first-order valence-corrected chi connectivity index (χ1v) is 7.42. The van der Waals surface area contributed by atoms with Gasteiger partial charge in [-0.3, -0.25) is 4.90 Å². The second-order valence-corrected chi connectivity index (χ2v) is 5.09. The van der Waals surface area contributed by atoms with E-state index in [-0.39, 0.29) is 6.04 Å². The maximum atomic E-state index is 9.49. The first kappa shape index (κ1) is 14.8. The molecule has 4 heteroatoms. The zero-order valence-electron chi connectivity index (χ0n) is 12.1. The molecule has 20 heavy (non-hydrogen) atoms. The Hall–Kier alpha value is -1.57. The standard InChI is InChI=1S/C16H23N3O/c1-2-12-20-15-6-4-14(5-7-15)16(13-17)19-10-3-8-18-9-11-19/h4-7,16,18H,2-3,8-12H2,1H3. The molecule has 1 heterocycles. The molecule has 4 nitrogen and oxygen atoms in total. The molecule has 0 spiro atoms. The van der Waals surface area contributed by atoms with Gasteiger partial charge in [0.2, 0.25) is 0 Å². The SMILES string of the molecule is CCCOc1ccc(C(C#N)N2CCCNCC2)cc1. The van der Waals surface area contributed by atoms with Crippen LogP contribution in [0.4, 0.5) is 0 Å². The average molecular weight is 273 g/mol. The van der Waals surface area contributed by atoms with E-state index in [1.165, 1.54) is 0 Å². The van der Waals surface area contributed by atoms with E-state index in [2.05, 4.69) is 23.2 Å². The number of hydrogen-bond acceptors (Lipinski definition) is 4. The molecule has 1 N–H and O–H groups in total. The molecule has 1 unspecified atom stereocenters. The van der Waals surface area contributed by atoms with Crippen LogP contribution in [0, 0.1) is 11.3 Å². The summed E-state index contributed by atoms with van der Waals surface area (Å²) in [5.41, 5.74) is 1.05. The summed E-state index contributed by atoms with van der Waals surface area (Å²) >= 11 is 0. The molecule has 1 aromatic carbocycles. The van der Waals surface area contributed by atoms with Gasteiger partial charge in [-0.25, -0.2) is 0 Å². The molecule has 108 valence electrons. The lowest BCUT2D eigenvalue weighted by atomic mass is 10.1. The second-order valence-electron chi connectivity index (χ2n) is 5.09. The van der Waals surface area contributed by atoms with Crippen molar-refractivity contribution < 1.29 is 4.74 Å². The van der Waals surface area contributed by atoms with E-state index in [4.69, 9.17) is 4.74 Å². The van der Waals surface area contributed by atoms with Gasteiger partial charge in [0.25, 0.3) is 0 Å². The van der Waals surface area contributed by atoms with Crippen LogP contribution in [0.5, 0.6) is 5.75 Å². The normalized spacial score (nSPS) is 18.0. The van der Waals surface area contributed by atoms with Crippen LogP contribution < -0.4 is 10.1 Å². The van der Waals surface area contributed by atoms with Gasteiger partial charge in [-0.05, 0) is 37.1 Å². The van der Waals surface area contributed by atoms with Crippen LogP contribution in [-0.2, 0) is 0 Å². The zero-order valence-corrected chi connectivity index (χ0v) is 12.1. The van der Waals surface area contributed by atoms with E-state index in [9.17, 15) is 5.26 Å². The van der Waals surface area contributed by atoms with Crippen LogP contribution in [0.25, 0.3) is 0 Å². The summed E-state index contributed by atoms with van der Waals surface area (Å²) in [6.07, 6.45) is 2.10. The second kappa shape index (κ2) is 7.88. The molecular weight excluding hydrogens is 250 g/mol. The van der Waals surface area contributed by atoms with Crippen molar-refractivity contribution in [2.45, 2.75) is 25.8 Å². The van der Waals surface area contributed by atoms with E-state index < -0.39 is 0 Å². The van der Waals surface area contributed by atoms with Gasteiger partial charge in [-0.2, -0.15) is 5.26 Å². The number of hydrogen-bond donors (Lipinski definition) is 1. The van der Waals surface area contributed by atoms with Crippen molar-refractivity contribution >= 4 is 0 Å². The van der Waals surface area contributed by atoms with Crippen molar-refractivity contribution in [3.63, 3.8) is 0 Å².